The molecule has 1 aromatic rings. The van der Waals surface area contributed by atoms with Crippen molar-refractivity contribution in [2.45, 2.75) is 31.9 Å². The van der Waals surface area contributed by atoms with Crippen molar-refractivity contribution in [3.8, 4) is 0 Å². The van der Waals surface area contributed by atoms with Gasteiger partial charge in [0.25, 0.3) is 0 Å². The van der Waals surface area contributed by atoms with Gasteiger partial charge in [0, 0.05) is 13.2 Å². The van der Waals surface area contributed by atoms with E-state index in [-0.39, 0.29) is 17.5 Å². The maximum absolute atomic E-state index is 13.1. The lowest BCUT2D eigenvalue weighted by Crippen LogP contribution is -2.48. The molecular formula is C13H19BrFNO. The van der Waals surface area contributed by atoms with E-state index in [1.54, 1.807) is 13.2 Å². The van der Waals surface area contributed by atoms with Crippen LogP contribution >= 0.6 is 15.9 Å². The zero-order valence-corrected chi connectivity index (χ0v) is 12.3. The highest BCUT2D eigenvalue weighted by Gasteiger charge is 2.28. The number of nitrogens with one attached hydrogen (secondary N) is 1. The minimum atomic E-state index is -0.268. The van der Waals surface area contributed by atoms with Crippen LogP contribution in [0.4, 0.5) is 4.39 Å². The summed E-state index contributed by atoms with van der Waals surface area (Å²) in [6, 6.07) is 5.26. The summed E-state index contributed by atoms with van der Waals surface area (Å²) in [6.07, 6.45) is 0.788. The van der Waals surface area contributed by atoms with Crippen molar-refractivity contribution in [3.05, 3.63) is 34.1 Å². The normalized spacial score (nSPS) is 13.8. The first-order chi connectivity index (χ1) is 7.90. The zero-order valence-electron chi connectivity index (χ0n) is 10.7. The second-order valence-electron chi connectivity index (χ2n) is 4.60. The first-order valence-corrected chi connectivity index (χ1v) is 6.36. The fraction of sp³-hybridized carbons (Fsp3) is 0.538. The molecule has 17 heavy (non-hydrogen) atoms. The first kappa shape index (κ1) is 14.6. The Hall–Kier alpha value is -0.450. The second kappa shape index (κ2) is 5.94. The highest BCUT2D eigenvalue weighted by Crippen LogP contribution is 2.21. The van der Waals surface area contributed by atoms with Crippen LogP contribution in [0.25, 0.3) is 0 Å². The number of hydrogen-bond acceptors (Lipinski definition) is 2. The largest absolute Gasteiger partial charge is 0.377 e. The number of rotatable bonds is 5. The number of likely N-dealkylation sites (N-methyl/N-ethyl adjacent to an activating group) is 1. The van der Waals surface area contributed by atoms with Crippen LogP contribution in [-0.4, -0.2) is 25.8 Å². The zero-order chi connectivity index (χ0) is 13.1. The minimum Gasteiger partial charge on any atom is -0.377 e. The molecule has 0 amide bonds. The second-order valence-corrected chi connectivity index (χ2v) is 5.46. The van der Waals surface area contributed by atoms with Gasteiger partial charge >= 0.3 is 0 Å². The van der Waals surface area contributed by atoms with Gasteiger partial charge in [-0.2, -0.15) is 0 Å². The molecule has 0 aliphatic heterocycles. The molecule has 1 N–H and O–H groups in total. The van der Waals surface area contributed by atoms with Gasteiger partial charge in [-0.05, 0) is 60.9 Å². The molecule has 1 unspecified atom stereocenters. The summed E-state index contributed by atoms with van der Waals surface area (Å²) in [5.41, 5.74) is 0.804. The van der Waals surface area contributed by atoms with E-state index in [0.29, 0.717) is 4.47 Å². The van der Waals surface area contributed by atoms with Gasteiger partial charge in [0.15, 0.2) is 0 Å². The quantitative estimate of drug-likeness (QED) is 0.902. The molecule has 0 bridgehead atoms. The summed E-state index contributed by atoms with van der Waals surface area (Å²) in [7, 11) is 3.61. The molecule has 0 heterocycles. The molecule has 0 saturated heterocycles. The average Bonchev–Trinajstić information content (AvgIpc) is 2.30. The predicted molar refractivity (Wildman–Crippen MR) is 71.7 cm³/mol. The summed E-state index contributed by atoms with van der Waals surface area (Å²) >= 11 is 3.20. The van der Waals surface area contributed by atoms with Gasteiger partial charge in [-0.15, -0.1) is 0 Å². The Labute approximate surface area is 111 Å². The van der Waals surface area contributed by atoms with E-state index in [0.717, 1.165) is 12.0 Å². The van der Waals surface area contributed by atoms with E-state index in [4.69, 9.17) is 4.74 Å². The van der Waals surface area contributed by atoms with Crippen LogP contribution in [0.3, 0.4) is 0 Å². The monoisotopic (exact) mass is 303 g/mol. The standard InChI is InChI=1S/C13H19BrFNO/c1-13(2,17-4)12(16-3)8-9-5-6-11(15)10(14)7-9/h5-7,12,16H,8H2,1-4H3. The van der Waals surface area contributed by atoms with Crippen LogP contribution in [0, 0.1) is 5.82 Å². The molecule has 1 rings (SSSR count). The van der Waals surface area contributed by atoms with E-state index in [9.17, 15) is 4.39 Å². The fourth-order valence-electron chi connectivity index (χ4n) is 1.74. The minimum absolute atomic E-state index is 0.171. The van der Waals surface area contributed by atoms with Crippen LogP contribution in [-0.2, 0) is 11.2 Å². The van der Waals surface area contributed by atoms with E-state index in [2.05, 4.69) is 21.2 Å². The molecule has 0 saturated carbocycles. The molecule has 0 fully saturated rings. The highest BCUT2D eigenvalue weighted by atomic mass is 79.9. The molecule has 1 aromatic carbocycles. The van der Waals surface area contributed by atoms with Gasteiger partial charge in [-0.1, -0.05) is 6.07 Å². The Morgan fingerprint density at radius 2 is 2.12 bits per heavy atom. The summed E-state index contributed by atoms with van der Waals surface area (Å²) in [5.74, 6) is -0.235. The van der Waals surface area contributed by atoms with E-state index >= 15 is 0 Å². The van der Waals surface area contributed by atoms with Crippen molar-refractivity contribution in [2.24, 2.45) is 0 Å². The molecule has 1 atom stereocenters. The number of ether oxygens (including phenoxy) is 1. The Morgan fingerprint density at radius 3 is 2.59 bits per heavy atom. The summed E-state index contributed by atoms with van der Waals surface area (Å²) in [4.78, 5) is 0. The first-order valence-electron chi connectivity index (χ1n) is 5.57. The van der Waals surface area contributed by atoms with Gasteiger partial charge in [-0.3, -0.25) is 0 Å². The SMILES string of the molecule is CNC(Cc1ccc(F)c(Br)c1)C(C)(C)OC. The maximum atomic E-state index is 13.1. The third-order valence-corrected chi connectivity index (χ3v) is 3.75. The number of methoxy groups -OCH3 is 1. The van der Waals surface area contributed by atoms with Crippen molar-refractivity contribution >= 4 is 15.9 Å². The molecule has 96 valence electrons. The smallest absolute Gasteiger partial charge is 0.137 e. The van der Waals surface area contributed by atoms with E-state index in [1.165, 1.54) is 6.07 Å². The molecule has 0 aliphatic rings. The Bertz CT molecular complexity index is 382. The highest BCUT2D eigenvalue weighted by molar-refractivity contribution is 9.10. The summed E-state index contributed by atoms with van der Waals surface area (Å²) in [6.45, 7) is 4.07. The van der Waals surface area contributed by atoms with Crippen LogP contribution in [0.1, 0.15) is 19.4 Å². The fourth-order valence-corrected chi connectivity index (χ4v) is 2.17. The van der Waals surface area contributed by atoms with E-state index in [1.807, 2.05) is 27.0 Å². The van der Waals surface area contributed by atoms with Crippen LogP contribution in [0.5, 0.6) is 0 Å². The third-order valence-electron chi connectivity index (χ3n) is 3.14. The lowest BCUT2D eigenvalue weighted by Gasteiger charge is -2.33. The van der Waals surface area contributed by atoms with Crippen molar-refractivity contribution in [3.63, 3.8) is 0 Å². The molecule has 2 nitrogen and oxygen atoms in total. The lowest BCUT2D eigenvalue weighted by molar-refractivity contribution is -0.00797. The van der Waals surface area contributed by atoms with Gasteiger partial charge < -0.3 is 10.1 Å². The van der Waals surface area contributed by atoms with Crippen LogP contribution in [0.2, 0.25) is 0 Å². The Balaban J connectivity index is 2.84. The Kier molecular flexibility index (Phi) is 5.10. The molecule has 0 aromatic heterocycles. The summed E-state index contributed by atoms with van der Waals surface area (Å²) < 4.78 is 19.1. The van der Waals surface area contributed by atoms with Gasteiger partial charge in [0.1, 0.15) is 5.82 Å². The van der Waals surface area contributed by atoms with Crippen molar-refractivity contribution < 1.29 is 9.13 Å². The van der Waals surface area contributed by atoms with Crippen molar-refractivity contribution in [2.75, 3.05) is 14.2 Å². The number of hydrogen-bond donors (Lipinski definition) is 1. The van der Waals surface area contributed by atoms with Crippen molar-refractivity contribution in [1.29, 1.82) is 0 Å². The molecule has 4 heteroatoms. The predicted octanol–water partition coefficient (Wildman–Crippen LogP) is 3.14. The van der Waals surface area contributed by atoms with Crippen molar-refractivity contribution in [1.82, 2.24) is 5.32 Å². The molecule has 0 radical (unpaired) electrons. The molecular weight excluding hydrogens is 285 g/mol. The summed E-state index contributed by atoms with van der Waals surface area (Å²) in [5, 5.41) is 3.24. The van der Waals surface area contributed by atoms with Gasteiger partial charge in [0.2, 0.25) is 0 Å². The molecule has 0 aliphatic carbocycles. The lowest BCUT2D eigenvalue weighted by atomic mass is 9.92. The van der Waals surface area contributed by atoms with Crippen LogP contribution in [0.15, 0.2) is 22.7 Å². The number of halogens is 2. The molecule has 0 spiro atoms. The Morgan fingerprint density at radius 1 is 1.47 bits per heavy atom. The maximum Gasteiger partial charge on any atom is 0.137 e. The third kappa shape index (κ3) is 3.76. The number of benzene rings is 1. The van der Waals surface area contributed by atoms with E-state index < -0.39 is 0 Å². The van der Waals surface area contributed by atoms with Gasteiger partial charge in [-0.25, -0.2) is 4.39 Å². The van der Waals surface area contributed by atoms with Gasteiger partial charge in [0.05, 0.1) is 10.1 Å². The van der Waals surface area contributed by atoms with Crippen LogP contribution < -0.4 is 5.32 Å². The average molecular weight is 304 g/mol. The topological polar surface area (TPSA) is 21.3 Å².